The number of nitrogens with two attached hydrogens (primary N) is 2. The minimum atomic E-state index is -0.591. The molecular formula is C8H12Cl2N6O. The first-order valence-corrected chi connectivity index (χ1v) is 5.40. The van der Waals surface area contributed by atoms with Gasteiger partial charge < -0.3 is 21.8 Å². The number of hydrazine groups is 1. The molecule has 1 aromatic heterocycles. The standard InChI is InChI=1S/C8H12Cl2N6O/c9-4-3-5(10)7(16-12)15-6(4)13-1-2-14-8(11)17/h3H,1-2,12H2,(H3,11,14,17)(H2,13,15,16). The minimum absolute atomic E-state index is 0.307. The van der Waals surface area contributed by atoms with Gasteiger partial charge >= 0.3 is 6.03 Å². The zero-order valence-electron chi connectivity index (χ0n) is 8.76. The number of halogens is 2. The van der Waals surface area contributed by atoms with Gasteiger partial charge in [0.15, 0.2) is 5.82 Å². The number of anilines is 2. The molecule has 1 rings (SSSR count). The number of nitrogen functional groups attached to an aromatic ring is 1. The Bertz CT molecular complexity index is 413. The molecule has 94 valence electrons. The van der Waals surface area contributed by atoms with Gasteiger partial charge in [0.25, 0.3) is 0 Å². The van der Waals surface area contributed by atoms with E-state index >= 15 is 0 Å². The first-order chi connectivity index (χ1) is 8.04. The second-order valence-electron chi connectivity index (χ2n) is 3.01. The first kappa shape index (κ1) is 13.6. The molecule has 0 unspecified atom stereocenters. The topological polar surface area (TPSA) is 118 Å². The molecule has 0 aliphatic carbocycles. The van der Waals surface area contributed by atoms with E-state index in [1.165, 1.54) is 6.07 Å². The number of nitrogens with zero attached hydrogens (tertiary/aromatic N) is 1. The largest absolute Gasteiger partial charge is 0.367 e. The number of aromatic nitrogens is 1. The summed E-state index contributed by atoms with van der Waals surface area (Å²) < 4.78 is 0. The fourth-order valence-corrected chi connectivity index (χ4v) is 1.54. The number of urea groups is 1. The molecule has 0 aliphatic heterocycles. The van der Waals surface area contributed by atoms with Gasteiger partial charge in [0, 0.05) is 13.1 Å². The fourth-order valence-electron chi connectivity index (χ4n) is 1.06. The molecule has 1 heterocycles. The van der Waals surface area contributed by atoms with Crippen LogP contribution in [-0.4, -0.2) is 24.1 Å². The maximum atomic E-state index is 10.4. The maximum Gasteiger partial charge on any atom is 0.312 e. The fraction of sp³-hybridized carbons (Fsp3) is 0.250. The Kier molecular flexibility index (Phi) is 5.08. The summed E-state index contributed by atoms with van der Waals surface area (Å²) >= 11 is 11.7. The van der Waals surface area contributed by atoms with E-state index in [-0.39, 0.29) is 0 Å². The van der Waals surface area contributed by atoms with E-state index in [0.717, 1.165) is 0 Å². The van der Waals surface area contributed by atoms with Crippen LogP contribution in [0.1, 0.15) is 0 Å². The van der Waals surface area contributed by atoms with Crippen LogP contribution in [-0.2, 0) is 0 Å². The second-order valence-corrected chi connectivity index (χ2v) is 3.83. The quantitative estimate of drug-likeness (QED) is 0.310. The van der Waals surface area contributed by atoms with Crippen molar-refractivity contribution in [2.24, 2.45) is 11.6 Å². The summed E-state index contributed by atoms with van der Waals surface area (Å²) in [4.78, 5) is 14.5. The Balaban J connectivity index is 2.61. The van der Waals surface area contributed by atoms with Crippen molar-refractivity contribution in [2.45, 2.75) is 0 Å². The molecule has 0 spiro atoms. The van der Waals surface area contributed by atoms with Crippen LogP contribution in [0.4, 0.5) is 16.4 Å². The van der Waals surface area contributed by atoms with Crippen LogP contribution in [0.3, 0.4) is 0 Å². The predicted molar refractivity (Wildman–Crippen MR) is 68.1 cm³/mol. The number of pyridine rings is 1. The molecule has 7 nitrogen and oxygen atoms in total. The molecule has 0 saturated carbocycles. The van der Waals surface area contributed by atoms with Crippen molar-refractivity contribution in [3.63, 3.8) is 0 Å². The van der Waals surface area contributed by atoms with E-state index in [1.807, 2.05) is 0 Å². The molecule has 2 amide bonds. The van der Waals surface area contributed by atoms with Crippen molar-refractivity contribution >= 4 is 40.9 Å². The number of carbonyl (C=O) groups is 1. The SMILES string of the molecule is NNc1nc(NCCNC(N)=O)c(Cl)cc1Cl. The van der Waals surface area contributed by atoms with E-state index < -0.39 is 6.03 Å². The minimum Gasteiger partial charge on any atom is -0.367 e. The number of primary amides is 1. The van der Waals surface area contributed by atoms with Crippen LogP contribution in [0.2, 0.25) is 10.0 Å². The van der Waals surface area contributed by atoms with Crippen LogP contribution in [0.15, 0.2) is 6.07 Å². The zero-order valence-corrected chi connectivity index (χ0v) is 10.3. The van der Waals surface area contributed by atoms with E-state index in [9.17, 15) is 4.79 Å². The average molecular weight is 279 g/mol. The van der Waals surface area contributed by atoms with Gasteiger partial charge in [-0.3, -0.25) is 0 Å². The zero-order chi connectivity index (χ0) is 12.8. The van der Waals surface area contributed by atoms with E-state index in [4.69, 9.17) is 34.8 Å². The number of rotatable bonds is 5. The molecule has 9 heteroatoms. The van der Waals surface area contributed by atoms with Crippen molar-refractivity contribution in [1.29, 1.82) is 0 Å². The lowest BCUT2D eigenvalue weighted by Gasteiger charge is -2.10. The lowest BCUT2D eigenvalue weighted by atomic mass is 10.4. The van der Waals surface area contributed by atoms with Crippen LogP contribution < -0.4 is 27.6 Å². The highest BCUT2D eigenvalue weighted by molar-refractivity contribution is 6.37. The molecular weight excluding hydrogens is 267 g/mol. The van der Waals surface area contributed by atoms with Crippen molar-refractivity contribution in [3.8, 4) is 0 Å². The van der Waals surface area contributed by atoms with Gasteiger partial charge in [0.05, 0.1) is 10.0 Å². The van der Waals surface area contributed by atoms with Gasteiger partial charge in [0.1, 0.15) is 5.82 Å². The van der Waals surface area contributed by atoms with Crippen LogP contribution in [0.5, 0.6) is 0 Å². The van der Waals surface area contributed by atoms with Crippen molar-refractivity contribution in [1.82, 2.24) is 10.3 Å². The highest BCUT2D eigenvalue weighted by Crippen LogP contribution is 2.28. The summed E-state index contributed by atoms with van der Waals surface area (Å²) in [5.74, 6) is 5.94. The Labute approximate surface area is 108 Å². The number of carbonyl (C=O) groups excluding carboxylic acids is 1. The number of nitrogens with one attached hydrogen (secondary N) is 3. The third-order valence-electron chi connectivity index (χ3n) is 1.78. The second kappa shape index (κ2) is 6.33. The number of hydrogen-bond donors (Lipinski definition) is 5. The van der Waals surface area contributed by atoms with Gasteiger partial charge in [-0.25, -0.2) is 15.6 Å². The summed E-state index contributed by atoms with van der Waals surface area (Å²) in [6, 6.07) is 0.918. The van der Waals surface area contributed by atoms with Crippen molar-refractivity contribution < 1.29 is 4.79 Å². The van der Waals surface area contributed by atoms with Gasteiger partial charge in [-0.15, -0.1) is 0 Å². The van der Waals surface area contributed by atoms with Gasteiger partial charge in [-0.1, -0.05) is 23.2 Å². The van der Waals surface area contributed by atoms with E-state index in [0.29, 0.717) is 34.8 Å². The molecule has 0 aromatic carbocycles. The van der Waals surface area contributed by atoms with Crippen molar-refractivity contribution in [2.75, 3.05) is 23.8 Å². The summed E-state index contributed by atoms with van der Waals surface area (Å²) in [5.41, 5.74) is 7.24. The molecule has 0 bridgehead atoms. The molecule has 0 fully saturated rings. The monoisotopic (exact) mass is 278 g/mol. The van der Waals surface area contributed by atoms with Crippen LogP contribution >= 0.6 is 23.2 Å². The molecule has 0 atom stereocenters. The molecule has 1 aromatic rings. The van der Waals surface area contributed by atoms with E-state index in [2.05, 4.69) is 21.0 Å². The third kappa shape index (κ3) is 4.14. The van der Waals surface area contributed by atoms with Crippen molar-refractivity contribution in [3.05, 3.63) is 16.1 Å². The van der Waals surface area contributed by atoms with E-state index in [1.54, 1.807) is 0 Å². The van der Waals surface area contributed by atoms with Gasteiger partial charge in [-0.2, -0.15) is 0 Å². The molecule has 0 aliphatic rings. The molecule has 7 N–H and O–H groups in total. The highest BCUT2D eigenvalue weighted by atomic mass is 35.5. The predicted octanol–water partition coefficient (Wildman–Crippen LogP) is 0.754. The number of hydrogen-bond acceptors (Lipinski definition) is 5. The summed E-state index contributed by atoms with van der Waals surface area (Å²) in [5, 5.41) is 5.99. The smallest absolute Gasteiger partial charge is 0.312 e. The summed E-state index contributed by atoms with van der Waals surface area (Å²) in [6.07, 6.45) is 0. The lowest BCUT2D eigenvalue weighted by molar-refractivity contribution is 0.249. The highest BCUT2D eigenvalue weighted by Gasteiger charge is 2.07. The van der Waals surface area contributed by atoms with Crippen LogP contribution in [0.25, 0.3) is 0 Å². The first-order valence-electron chi connectivity index (χ1n) is 4.64. The Morgan fingerprint density at radius 1 is 1.29 bits per heavy atom. The Hall–Kier alpha value is -1.44. The third-order valence-corrected chi connectivity index (χ3v) is 2.36. The van der Waals surface area contributed by atoms with Gasteiger partial charge in [0.2, 0.25) is 0 Å². The maximum absolute atomic E-state index is 10.4. The Morgan fingerprint density at radius 3 is 2.53 bits per heavy atom. The van der Waals surface area contributed by atoms with Gasteiger partial charge in [-0.05, 0) is 6.07 Å². The molecule has 17 heavy (non-hydrogen) atoms. The van der Waals surface area contributed by atoms with Crippen LogP contribution in [0, 0.1) is 0 Å². The molecule has 0 radical (unpaired) electrons. The summed E-state index contributed by atoms with van der Waals surface area (Å²) in [6.45, 7) is 0.767. The average Bonchev–Trinajstić information content (AvgIpc) is 2.26. The Morgan fingerprint density at radius 2 is 1.94 bits per heavy atom. The molecule has 0 saturated heterocycles. The number of amides is 2. The summed E-state index contributed by atoms with van der Waals surface area (Å²) in [7, 11) is 0. The lowest BCUT2D eigenvalue weighted by Crippen LogP contribution is -2.33. The normalized spacial score (nSPS) is 9.82.